The number of nitrogens with zero attached hydrogens (tertiary/aromatic N) is 1. The number of esters is 1. The van der Waals surface area contributed by atoms with Crippen LogP contribution in [0.2, 0.25) is 0 Å². The van der Waals surface area contributed by atoms with E-state index < -0.39 is 17.9 Å². The minimum absolute atomic E-state index is 0.253. The van der Waals surface area contributed by atoms with Crippen molar-refractivity contribution in [3.05, 3.63) is 66.1 Å². The predicted molar refractivity (Wildman–Crippen MR) is 94.1 cm³/mol. The quantitative estimate of drug-likeness (QED) is 0.677. The Labute approximate surface area is 145 Å². The number of rotatable bonds is 6. The van der Waals surface area contributed by atoms with Gasteiger partial charge in [0.2, 0.25) is 0 Å². The van der Waals surface area contributed by atoms with Crippen LogP contribution in [0, 0.1) is 0 Å². The molecule has 0 saturated heterocycles. The van der Waals surface area contributed by atoms with Gasteiger partial charge in [-0.15, -0.1) is 0 Å². The van der Waals surface area contributed by atoms with Crippen molar-refractivity contribution in [3.8, 4) is 0 Å². The van der Waals surface area contributed by atoms with Crippen LogP contribution < -0.4 is 5.32 Å². The molecule has 0 saturated carbocycles. The minimum atomic E-state index is -0.784. The largest absolute Gasteiger partial charge is 0.464 e. The number of nitrogens with one attached hydrogen (secondary N) is 2. The van der Waals surface area contributed by atoms with Crippen molar-refractivity contribution in [1.29, 1.82) is 0 Å². The second-order valence-electron chi connectivity index (χ2n) is 5.56. The van der Waals surface area contributed by atoms with E-state index >= 15 is 0 Å². The summed E-state index contributed by atoms with van der Waals surface area (Å²) in [6.07, 6.45) is 3.72. The molecule has 128 valence electrons. The van der Waals surface area contributed by atoms with E-state index in [-0.39, 0.29) is 12.3 Å². The molecular formula is C19H19N3O3. The molecule has 2 N–H and O–H groups in total. The minimum Gasteiger partial charge on any atom is -0.464 e. The summed E-state index contributed by atoms with van der Waals surface area (Å²) in [7, 11) is 0. The van der Waals surface area contributed by atoms with Crippen LogP contribution in [0.25, 0.3) is 10.9 Å². The van der Waals surface area contributed by atoms with E-state index in [0.717, 1.165) is 16.5 Å². The average Bonchev–Trinajstić information content (AvgIpc) is 3.05. The maximum absolute atomic E-state index is 12.4. The van der Waals surface area contributed by atoms with Crippen molar-refractivity contribution in [1.82, 2.24) is 15.3 Å². The van der Waals surface area contributed by atoms with Crippen LogP contribution in [-0.4, -0.2) is 34.5 Å². The van der Waals surface area contributed by atoms with Gasteiger partial charge in [-0.2, -0.15) is 0 Å². The summed E-state index contributed by atoms with van der Waals surface area (Å²) in [4.78, 5) is 31.9. The molecule has 0 spiro atoms. The van der Waals surface area contributed by atoms with Crippen molar-refractivity contribution < 1.29 is 14.3 Å². The molecule has 25 heavy (non-hydrogen) atoms. The van der Waals surface area contributed by atoms with Gasteiger partial charge in [-0.1, -0.05) is 24.3 Å². The molecule has 0 aliphatic rings. The van der Waals surface area contributed by atoms with Crippen LogP contribution in [0.3, 0.4) is 0 Å². The van der Waals surface area contributed by atoms with Gasteiger partial charge in [-0.3, -0.25) is 9.78 Å². The highest BCUT2D eigenvalue weighted by Gasteiger charge is 2.24. The lowest BCUT2D eigenvalue weighted by atomic mass is 10.0. The van der Waals surface area contributed by atoms with Crippen molar-refractivity contribution >= 4 is 22.8 Å². The zero-order chi connectivity index (χ0) is 17.6. The molecule has 1 amide bonds. The topological polar surface area (TPSA) is 84.1 Å². The van der Waals surface area contributed by atoms with E-state index in [1.807, 2.05) is 30.5 Å². The predicted octanol–water partition coefficient (Wildman–Crippen LogP) is 2.47. The molecule has 1 aromatic carbocycles. The summed E-state index contributed by atoms with van der Waals surface area (Å²) in [5.74, 6) is -0.865. The molecule has 2 heterocycles. The van der Waals surface area contributed by atoms with E-state index in [1.165, 1.54) is 6.20 Å². The Kier molecular flexibility index (Phi) is 5.09. The summed E-state index contributed by atoms with van der Waals surface area (Å²) in [5, 5.41) is 3.75. The zero-order valence-corrected chi connectivity index (χ0v) is 13.9. The number of ether oxygens (including phenoxy) is 1. The van der Waals surface area contributed by atoms with Gasteiger partial charge >= 0.3 is 5.97 Å². The van der Waals surface area contributed by atoms with Crippen molar-refractivity contribution in [2.75, 3.05) is 6.61 Å². The number of aromatic nitrogens is 2. The Morgan fingerprint density at radius 1 is 1.20 bits per heavy atom. The number of pyridine rings is 1. The first kappa shape index (κ1) is 16.7. The number of fused-ring (bicyclic) bond motifs is 1. The van der Waals surface area contributed by atoms with E-state index in [9.17, 15) is 9.59 Å². The molecule has 6 nitrogen and oxygen atoms in total. The number of hydrogen-bond donors (Lipinski definition) is 2. The number of aromatic amines is 1. The Morgan fingerprint density at radius 3 is 2.76 bits per heavy atom. The second kappa shape index (κ2) is 7.61. The Morgan fingerprint density at radius 2 is 2.00 bits per heavy atom. The third kappa shape index (κ3) is 3.85. The summed E-state index contributed by atoms with van der Waals surface area (Å²) < 4.78 is 5.12. The molecule has 0 bridgehead atoms. The molecule has 6 heteroatoms. The van der Waals surface area contributed by atoms with Crippen molar-refractivity contribution in [2.45, 2.75) is 19.4 Å². The summed E-state index contributed by atoms with van der Waals surface area (Å²) in [5.41, 5.74) is 2.18. The Balaban J connectivity index is 1.82. The standard InChI is InChI=1S/C19H19N3O3/c1-2-25-19(24)17(22-18(23)16-9-5-6-10-20-16)11-13-12-21-15-8-4-3-7-14(13)15/h3-10,12,17,21H,2,11H2,1H3,(H,22,23)/t17-/m0/s1. The lowest BCUT2D eigenvalue weighted by Crippen LogP contribution is -2.43. The fourth-order valence-electron chi connectivity index (χ4n) is 2.69. The number of carbonyl (C=O) groups is 2. The molecule has 0 aliphatic heterocycles. The molecular weight excluding hydrogens is 318 g/mol. The highest BCUT2D eigenvalue weighted by atomic mass is 16.5. The van der Waals surface area contributed by atoms with E-state index in [0.29, 0.717) is 6.42 Å². The Hall–Kier alpha value is -3.15. The molecule has 0 radical (unpaired) electrons. The van der Waals surface area contributed by atoms with Crippen LogP contribution in [0.1, 0.15) is 23.0 Å². The maximum Gasteiger partial charge on any atom is 0.328 e. The SMILES string of the molecule is CCOC(=O)[C@H](Cc1c[nH]c2ccccc12)NC(=O)c1ccccn1. The summed E-state index contributed by atoms with van der Waals surface area (Å²) in [6, 6.07) is 12.1. The fraction of sp³-hybridized carbons (Fsp3) is 0.211. The Bertz CT molecular complexity index is 874. The van der Waals surface area contributed by atoms with Gasteiger partial charge in [0.1, 0.15) is 11.7 Å². The first-order valence-corrected chi connectivity index (χ1v) is 8.12. The number of H-pyrrole nitrogens is 1. The first-order valence-electron chi connectivity index (χ1n) is 8.12. The summed E-state index contributed by atoms with van der Waals surface area (Å²) >= 11 is 0. The highest BCUT2D eigenvalue weighted by molar-refractivity contribution is 5.95. The van der Waals surface area contributed by atoms with E-state index in [4.69, 9.17) is 4.74 Å². The third-order valence-corrected chi connectivity index (χ3v) is 3.87. The lowest BCUT2D eigenvalue weighted by molar-refractivity contribution is -0.145. The molecule has 0 aliphatic carbocycles. The second-order valence-corrected chi connectivity index (χ2v) is 5.56. The molecule has 1 atom stereocenters. The van der Waals surface area contributed by atoms with Crippen molar-refractivity contribution in [2.24, 2.45) is 0 Å². The zero-order valence-electron chi connectivity index (χ0n) is 13.9. The highest BCUT2D eigenvalue weighted by Crippen LogP contribution is 2.19. The van der Waals surface area contributed by atoms with Crippen LogP contribution in [0.15, 0.2) is 54.9 Å². The smallest absolute Gasteiger partial charge is 0.328 e. The van der Waals surface area contributed by atoms with Crippen LogP contribution >= 0.6 is 0 Å². The fourth-order valence-corrected chi connectivity index (χ4v) is 2.69. The molecule has 2 aromatic heterocycles. The first-order chi connectivity index (χ1) is 12.2. The normalized spacial score (nSPS) is 11.9. The number of para-hydroxylation sites is 1. The maximum atomic E-state index is 12.4. The van der Waals surface area contributed by atoms with E-state index in [1.54, 1.807) is 25.1 Å². The van der Waals surface area contributed by atoms with Crippen LogP contribution in [0.4, 0.5) is 0 Å². The van der Waals surface area contributed by atoms with Crippen LogP contribution in [-0.2, 0) is 16.0 Å². The lowest BCUT2D eigenvalue weighted by Gasteiger charge is -2.17. The molecule has 3 aromatic rings. The van der Waals surface area contributed by atoms with Gasteiger partial charge in [0, 0.05) is 29.7 Å². The van der Waals surface area contributed by atoms with Gasteiger partial charge in [-0.25, -0.2) is 4.79 Å². The monoisotopic (exact) mass is 337 g/mol. The van der Waals surface area contributed by atoms with Gasteiger partial charge in [0.05, 0.1) is 6.61 Å². The number of benzene rings is 1. The summed E-state index contributed by atoms with van der Waals surface area (Å²) in [6.45, 7) is 1.99. The number of carbonyl (C=O) groups excluding carboxylic acids is 2. The average molecular weight is 337 g/mol. The number of hydrogen-bond acceptors (Lipinski definition) is 4. The van der Waals surface area contributed by atoms with Crippen LogP contribution in [0.5, 0.6) is 0 Å². The third-order valence-electron chi connectivity index (χ3n) is 3.87. The van der Waals surface area contributed by atoms with Crippen molar-refractivity contribution in [3.63, 3.8) is 0 Å². The molecule has 3 rings (SSSR count). The molecule has 0 unspecified atom stereocenters. The number of amides is 1. The van der Waals surface area contributed by atoms with Gasteiger partial charge in [-0.05, 0) is 30.7 Å². The van der Waals surface area contributed by atoms with Gasteiger partial charge in [0.15, 0.2) is 0 Å². The molecule has 0 fully saturated rings. The van der Waals surface area contributed by atoms with Gasteiger partial charge in [0.25, 0.3) is 5.91 Å². The van der Waals surface area contributed by atoms with E-state index in [2.05, 4.69) is 15.3 Å². The van der Waals surface area contributed by atoms with Gasteiger partial charge < -0.3 is 15.0 Å².